The van der Waals surface area contributed by atoms with Crippen molar-refractivity contribution in [3.63, 3.8) is 0 Å². The third kappa shape index (κ3) is 5.37. The minimum atomic E-state index is -0.652. The molecule has 1 aliphatic heterocycles. The number of carbonyl (C=O) groups excluding carboxylic acids is 3. The highest BCUT2D eigenvalue weighted by Gasteiger charge is 2.21. The fraction of sp³-hybridized carbons (Fsp3) is 0.500. The van der Waals surface area contributed by atoms with Crippen molar-refractivity contribution in [2.75, 3.05) is 18.4 Å². The van der Waals surface area contributed by atoms with Gasteiger partial charge < -0.3 is 26.2 Å². The number of carbonyl (C=O) groups is 3. The minimum Gasteiger partial charge on any atom is -0.352 e. The lowest BCUT2D eigenvalue weighted by Gasteiger charge is -2.20. The number of amides is 5. The maximum atomic E-state index is 12.2. The minimum absolute atomic E-state index is 0.0575. The first-order chi connectivity index (χ1) is 12.4. The lowest BCUT2D eigenvalue weighted by Crippen LogP contribution is -2.48. The first-order valence-electron chi connectivity index (χ1n) is 8.89. The molecule has 0 radical (unpaired) electrons. The summed E-state index contributed by atoms with van der Waals surface area (Å²) in [4.78, 5) is 37.7. The number of nitrogens with one attached hydrogen (secondary N) is 4. The highest BCUT2D eigenvalue weighted by molar-refractivity contribution is 5.94. The smallest absolute Gasteiger partial charge is 0.319 e. The summed E-state index contributed by atoms with van der Waals surface area (Å²) in [5.41, 5.74) is 1.44. The first kappa shape index (κ1) is 19.6. The molecule has 2 atom stereocenters. The Kier molecular flexibility index (Phi) is 6.82. The van der Waals surface area contributed by atoms with Crippen molar-refractivity contribution in [1.82, 2.24) is 20.9 Å². The Morgan fingerprint density at radius 2 is 1.96 bits per heavy atom. The molecule has 2 rings (SSSR count). The second-order valence-corrected chi connectivity index (χ2v) is 6.45. The molecule has 4 N–H and O–H groups in total. The molecule has 1 saturated heterocycles. The van der Waals surface area contributed by atoms with Crippen LogP contribution in [0.25, 0.3) is 0 Å². The van der Waals surface area contributed by atoms with Gasteiger partial charge in [-0.2, -0.15) is 0 Å². The van der Waals surface area contributed by atoms with E-state index in [0.717, 1.165) is 12.0 Å². The number of nitrogens with zero attached hydrogens (tertiary/aromatic N) is 1. The van der Waals surface area contributed by atoms with Crippen molar-refractivity contribution in [2.45, 2.75) is 45.8 Å². The van der Waals surface area contributed by atoms with E-state index < -0.39 is 12.1 Å². The molecule has 142 valence electrons. The van der Waals surface area contributed by atoms with E-state index in [9.17, 15) is 14.4 Å². The van der Waals surface area contributed by atoms with Crippen LogP contribution in [0.1, 0.15) is 32.8 Å². The van der Waals surface area contributed by atoms with Crippen molar-refractivity contribution in [2.24, 2.45) is 0 Å². The van der Waals surface area contributed by atoms with Gasteiger partial charge in [0.1, 0.15) is 6.04 Å². The van der Waals surface area contributed by atoms with E-state index in [1.165, 1.54) is 0 Å². The largest absolute Gasteiger partial charge is 0.352 e. The third-order valence-electron chi connectivity index (χ3n) is 4.31. The van der Waals surface area contributed by atoms with Gasteiger partial charge in [-0.3, -0.25) is 4.79 Å². The summed E-state index contributed by atoms with van der Waals surface area (Å²) in [5.74, 6) is -0.225. The molecule has 1 fully saturated rings. The lowest BCUT2D eigenvalue weighted by atomic mass is 10.1. The van der Waals surface area contributed by atoms with Crippen LogP contribution in [0.5, 0.6) is 0 Å². The number of para-hydroxylation sites is 1. The maximum absolute atomic E-state index is 12.2. The molecule has 1 aromatic carbocycles. The highest BCUT2D eigenvalue weighted by Crippen LogP contribution is 2.18. The van der Waals surface area contributed by atoms with Crippen LogP contribution < -0.4 is 21.3 Å². The number of anilines is 1. The van der Waals surface area contributed by atoms with Gasteiger partial charge in [-0.05, 0) is 31.9 Å². The van der Waals surface area contributed by atoms with Crippen LogP contribution in [0.4, 0.5) is 15.3 Å². The van der Waals surface area contributed by atoms with Crippen molar-refractivity contribution >= 4 is 23.7 Å². The van der Waals surface area contributed by atoms with E-state index in [1.54, 1.807) is 17.9 Å². The fourth-order valence-corrected chi connectivity index (χ4v) is 2.54. The molecule has 8 heteroatoms. The third-order valence-corrected chi connectivity index (χ3v) is 4.31. The van der Waals surface area contributed by atoms with Crippen LogP contribution in [-0.2, 0) is 11.3 Å². The van der Waals surface area contributed by atoms with Crippen molar-refractivity contribution in [1.29, 1.82) is 0 Å². The molecule has 0 unspecified atom stereocenters. The summed E-state index contributed by atoms with van der Waals surface area (Å²) in [6, 6.07) is 6.13. The predicted molar refractivity (Wildman–Crippen MR) is 99.8 cm³/mol. The first-order valence-corrected chi connectivity index (χ1v) is 8.89. The topological polar surface area (TPSA) is 103 Å². The number of hydrogen-bond acceptors (Lipinski definition) is 3. The Morgan fingerprint density at radius 3 is 2.62 bits per heavy atom. The van der Waals surface area contributed by atoms with E-state index in [0.29, 0.717) is 25.3 Å². The molecule has 5 amide bonds. The van der Waals surface area contributed by atoms with E-state index >= 15 is 0 Å². The highest BCUT2D eigenvalue weighted by atomic mass is 16.2. The van der Waals surface area contributed by atoms with Gasteiger partial charge >= 0.3 is 12.1 Å². The Morgan fingerprint density at radius 1 is 1.23 bits per heavy atom. The van der Waals surface area contributed by atoms with E-state index in [4.69, 9.17) is 0 Å². The number of rotatable bonds is 7. The molecule has 1 aromatic rings. The van der Waals surface area contributed by atoms with E-state index in [2.05, 4.69) is 21.3 Å². The average molecular weight is 361 g/mol. The zero-order valence-corrected chi connectivity index (χ0v) is 15.5. The van der Waals surface area contributed by atoms with Crippen LogP contribution in [-0.4, -0.2) is 48.0 Å². The number of benzene rings is 1. The van der Waals surface area contributed by atoms with Gasteiger partial charge in [-0.1, -0.05) is 25.1 Å². The average Bonchev–Trinajstić information content (AvgIpc) is 3.01. The van der Waals surface area contributed by atoms with Gasteiger partial charge in [0.15, 0.2) is 0 Å². The van der Waals surface area contributed by atoms with E-state index in [-0.39, 0.29) is 18.0 Å². The molecule has 0 saturated carbocycles. The van der Waals surface area contributed by atoms with Gasteiger partial charge in [-0.15, -0.1) is 0 Å². The summed E-state index contributed by atoms with van der Waals surface area (Å²) in [6.45, 7) is 7.19. The van der Waals surface area contributed by atoms with Gasteiger partial charge in [0.25, 0.3) is 0 Å². The zero-order valence-electron chi connectivity index (χ0n) is 15.5. The monoisotopic (exact) mass is 361 g/mol. The molecule has 0 spiro atoms. The molecule has 8 nitrogen and oxygen atoms in total. The number of hydrogen-bond donors (Lipinski definition) is 4. The van der Waals surface area contributed by atoms with Crippen molar-refractivity contribution < 1.29 is 14.4 Å². The van der Waals surface area contributed by atoms with Crippen molar-refractivity contribution in [3.05, 3.63) is 29.8 Å². The van der Waals surface area contributed by atoms with Gasteiger partial charge in [0.2, 0.25) is 5.91 Å². The molecule has 0 aromatic heterocycles. The molecular formula is C18H27N5O3. The normalized spacial score (nSPS) is 15.8. The van der Waals surface area contributed by atoms with Gasteiger partial charge in [-0.25, -0.2) is 9.59 Å². The standard InChI is InChI=1S/C18H27N5O3/c1-4-12(2)20-16(24)13(3)21-17(25)22-15-8-6-5-7-14(15)11-23-10-9-19-18(23)26/h5-8,12-13H,4,9-11H2,1-3H3,(H,19,26)(H,20,24)(H2,21,22,25)/t12-,13+/m0/s1. The summed E-state index contributed by atoms with van der Waals surface area (Å²) in [7, 11) is 0. The molecule has 26 heavy (non-hydrogen) atoms. The Labute approximate surface area is 153 Å². The SMILES string of the molecule is CC[C@H](C)NC(=O)[C@@H](C)NC(=O)Nc1ccccc1CN1CCNC1=O. The summed E-state index contributed by atoms with van der Waals surface area (Å²) in [5, 5.41) is 11.0. The van der Waals surface area contributed by atoms with Gasteiger partial charge in [0, 0.05) is 31.4 Å². The van der Waals surface area contributed by atoms with Crippen molar-refractivity contribution in [3.8, 4) is 0 Å². The second kappa shape index (κ2) is 9.07. The maximum Gasteiger partial charge on any atom is 0.319 e. The Hall–Kier alpha value is -2.77. The van der Waals surface area contributed by atoms with Crippen LogP contribution in [0.3, 0.4) is 0 Å². The Bertz CT molecular complexity index is 664. The quantitative estimate of drug-likeness (QED) is 0.594. The summed E-state index contributed by atoms with van der Waals surface area (Å²) in [6.07, 6.45) is 0.822. The second-order valence-electron chi connectivity index (χ2n) is 6.45. The zero-order chi connectivity index (χ0) is 19.1. The molecule has 0 bridgehead atoms. The molecule has 0 aliphatic carbocycles. The van der Waals surface area contributed by atoms with Crippen LogP contribution in [0, 0.1) is 0 Å². The molecule has 1 aliphatic rings. The van der Waals surface area contributed by atoms with Crippen LogP contribution >= 0.6 is 0 Å². The van der Waals surface area contributed by atoms with Gasteiger partial charge in [0.05, 0.1) is 0 Å². The summed E-state index contributed by atoms with van der Waals surface area (Å²) < 4.78 is 0. The van der Waals surface area contributed by atoms with Crippen LogP contribution in [0.15, 0.2) is 24.3 Å². The lowest BCUT2D eigenvalue weighted by molar-refractivity contribution is -0.123. The predicted octanol–water partition coefficient (Wildman–Crippen LogP) is 1.64. The van der Waals surface area contributed by atoms with Crippen LogP contribution in [0.2, 0.25) is 0 Å². The molecule has 1 heterocycles. The Balaban J connectivity index is 1.94. The number of urea groups is 2. The fourth-order valence-electron chi connectivity index (χ4n) is 2.54. The van der Waals surface area contributed by atoms with E-state index in [1.807, 2.05) is 32.0 Å². The molecular weight excluding hydrogens is 334 g/mol. The summed E-state index contributed by atoms with van der Waals surface area (Å²) >= 11 is 0.